The summed E-state index contributed by atoms with van der Waals surface area (Å²) in [7, 11) is 0. The fourth-order valence-electron chi connectivity index (χ4n) is 1.03. The number of tetrazole rings is 1. The van der Waals surface area contributed by atoms with E-state index in [4.69, 9.17) is 0 Å². The van der Waals surface area contributed by atoms with Crippen LogP contribution in [0.15, 0.2) is 30.3 Å². The molecule has 0 bridgehead atoms. The standard InChI is InChI=1S/C10H9N5/c1-2-5-9(6-3-1)7-4-8-11-10-12-14-15-13-10/h1-3,5-6H,8H2,(H2,11,12,13,14,15). The molecular formula is C10H9N5. The Morgan fingerprint density at radius 1 is 1.27 bits per heavy atom. The van der Waals surface area contributed by atoms with Crippen LogP contribution in [0, 0.1) is 11.8 Å². The van der Waals surface area contributed by atoms with Crippen LogP contribution in [-0.4, -0.2) is 27.2 Å². The van der Waals surface area contributed by atoms with Crippen molar-refractivity contribution in [3.63, 3.8) is 0 Å². The lowest BCUT2D eigenvalue weighted by atomic mass is 10.2. The molecule has 1 heterocycles. The zero-order valence-corrected chi connectivity index (χ0v) is 7.94. The number of rotatable bonds is 2. The van der Waals surface area contributed by atoms with Gasteiger partial charge in [-0.25, -0.2) is 0 Å². The van der Waals surface area contributed by atoms with E-state index >= 15 is 0 Å². The molecule has 0 fully saturated rings. The summed E-state index contributed by atoms with van der Waals surface area (Å²) in [6.45, 7) is 0.494. The predicted octanol–water partition coefficient (Wildman–Crippen LogP) is 0.663. The average Bonchev–Trinajstić information content (AvgIpc) is 2.79. The summed E-state index contributed by atoms with van der Waals surface area (Å²) < 4.78 is 0. The molecule has 5 heteroatoms. The molecule has 0 amide bonds. The molecule has 0 aliphatic carbocycles. The van der Waals surface area contributed by atoms with E-state index in [0.29, 0.717) is 12.5 Å². The molecule has 1 aromatic heterocycles. The van der Waals surface area contributed by atoms with Gasteiger partial charge in [0.15, 0.2) is 0 Å². The summed E-state index contributed by atoms with van der Waals surface area (Å²) in [5.41, 5.74) is 0.993. The van der Waals surface area contributed by atoms with E-state index in [1.807, 2.05) is 30.3 Å². The van der Waals surface area contributed by atoms with Crippen LogP contribution < -0.4 is 5.32 Å². The predicted molar refractivity (Wildman–Crippen MR) is 56.0 cm³/mol. The summed E-state index contributed by atoms with van der Waals surface area (Å²) in [6.07, 6.45) is 0. The number of aromatic nitrogens is 4. The molecule has 2 aromatic rings. The van der Waals surface area contributed by atoms with Crippen molar-refractivity contribution in [2.24, 2.45) is 0 Å². The minimum Gasteiger partial charge on any atom is -0.341 e. The van der Waals surface area contributed by atoms with Crippen LogP contribution in [0.25, 0.3) is 0 Å². The lowest BCUT2D eigenvalue weighted by Crippen LogP contribution is -2.00. The molecule has 0 saturated heterocycles. The normalized spacial score (nSPS) is 9.07. The number of nitrogens with zero attached hydrogens (tertiary/aromatic N) is 3. The average molecular weight is 199 g/mol. The van der Waals surface area contributed by atoms with Gasteiger partial charge in [-0.1, -0.05) is 35.1 Å². The number of hydrogen-bond donors (Lipinski definition) is 2. The maximum atomic E-state index is 3.73. The smallest absolute Gasteiger partial charge is 0.263 e. The SMILES string of the molecule is C(#Cc1ccccc1)CNc1nn[nH]n1. The highest BCUT2D eigenvalue weighted by atomic mass is 15.5. The van der Waals surface area contributed by atoms with E-state index in [1.54, 1.807) is 0 Å². The van der Waals surface area contributed by atoms with Crippen LogP contribution in [0.5, 0.6) is 0 Å². The largest absolute Gasteiger partial charge is 0.341 e. The lowest BCUT2D eigenvalue weighted by molar-refractivity contribution is 0.881. The van der Waals surface area contributed by atoms with E-state index < -0.39 is 0 Å². The van der Waals surface area contributed by atoms with Crippen molar-refractivity contribution < 1.29 is 0 Å². The first-order valence-corrected chi connectivity index (χ1v) is 4.46. The van der Waals surface area contributed by atoms with Crippen molar-refractivity contribution in [3.8, 4) is 11.8 Å². The Labute approximate surface area is 86.9 Å². The molecule has 74 valence electrons. The molecule has 0 atom stereocenters. The van der Waals surface area contributed by atoms with Gasteiger partial charge in [0.1, 0.15) is 0 Å². The molecule has 0 saturated carbocycles. The van der Waals surface area contributed by atoms with Crippen LogP contribution in [0.4, 0.5) is 5.95 Å². The highest BCUT2D eigenvalue weighted by Crippen LogP contribution is 1.94. The van der Waals surface area contributed by atoms with Gasteiger partial charge >= 0.3 is 0 Å². The molecule has 1 aromatic carbocycles. The second-order valence-corrected chi connectivity index (χ2v) is 2.76. The summed E-state index contributed by atoms with van der Waals surface area (Å²) in [4.78, 5) is 0. The molecule has 15 heavy (non-hydrogen) atoms. The van der Waals surface area contributed by atoms with Gasteiger partial charge in [-0.3, -0.25) is 0 Å². The second-order valence-electron chi connectivity index (χ2n) is 2.76. The Kier molecular flexibility index (Phi) is 2.93. The fraction of sp³-hybridized carbons (Fsp3) is 0.100. The molecule has 2 rings (SSSR count). The van der Waals surface area contributed by atoms with Gasteiger partial charge in [0, 0.05) is 5.56 Å². The summed E-state index contributed by atoms with van der Waals surface area (Å²) in [6, 6.07) is 9.79. The number of nitrogens with one attached hydrogen (secondary N) is 2. The first-order valence-electron chi connectivity index (χ1n) is 4.46. The van der Waals surface area contributed by atoms with Gasteiger partial charge in [-0.2, -0.15) is 5.21 Å². The maximum absolute atomic E-state index is 3.73. The van der Waals surface area contributed by atoms with E-state index in [0.717, 1.165) is 5.56 Å². The van der Waals surface area contributed by atoms with Gasteiger partial charge < -0.3 is 5.32 Å². The highest BCUT2D eigenvalue weighted by Gasteiger charge is 1.91. The van der Waals surface area contributed by atoms with Gasteiger partial charge in [0.25, 0.3) is 5.95 Å². The molecule has 0 spiro atoms. The van der Waals surface area contributed by atoms with Crippen molar-refractivity contribution >= 4 is 5.95 Å². The van der Waals surface area contributed by atoms with Gasteiger partial charge in [0.2, 0.25) is 0 Å². The number of H-pyrrole nitrogens is 1. The van der Waals surface area contributed by atoms with Crippen molar-refractivity contribution in [1.29, 1.82) is 0 Å². The van der Waals surface area contributed by atoms with Crippen molar-refractivity contribution in [2.45, 2.75) is 0 Å². The molecule has 0 aliphatic rings. The Balaban J connectivity index is 1.86. The number of hydrogen-bond acceptors (Lipinski definition) is 4. The number of benzene rings is 1. The molecule has 0 unspecified atom stereocenters. The van der Waals surface area contributed by atoms with Crippen LogP contribution in [-0.2, 0) is 0 Å². The van der Waals surface area contributed by atoms with Crippen LogP contribution in [0.2, 0.25) is 0 Å². The fourth-order valence-corrected chi connectivity index (χ4v) is 1.03. The number of aromatic amines is 1. The summed E-state index contributed by atoms with van der Waals surface area (Å²) >= 11 is 0. The first-order chi connectivity index (χ1) is 7.45. The third-order valence-electron chi connectivity index (χ3n) is 1.69. The van der Waals surface area contributed by atoms with E-state index in [1.165, 1.54) is 0 Å². The first kappa shape index (κ1) is 9.21. The van der Waals surface area contributed by atoms with E-state index in [-0.39, 0.29) is 0 Å². The van der Waals surface area contributed by atoms with Gasteiger partial charge in [-0.05, 0) is 17.3 Å². The molecule has 0 radical (unpaired) electrons. The summed E-state index contributed by atoms with van der Waals surface area (Å²) in [5, 5.41) is 16.1. The zero-order chi connectivity index (χ0) is 10.3. The second kappa shape index (κ2) is 4.77. The molecule has 5 nitrogen and oxygen atoms in total. The van der Waals surface area contributed by atoms with Crippen molar-refractivity contribution in [2.75, 3.05) is 11.9 Å². The third kappa shape index (κ3) is 2.81. The van der Waals surface area contributed by atoms with Gasteiger partial charge in [0.05, 0.1) is 6.54 Å². The Bertz CT molecular complexity index is 452. The van der Waals surface area contributed by atoms with Crippen LogP contribution >= 0.6 is 0 Å². The Morgan fingerprint density at radius 3 is 2.87 bits per heavy atom. The Morgan fingerprint density at radius 2 is 2.13 bits per heavy atom. The van der Waals surface area contributed by atoms with Crippen LogP contribution in [0.3, 0.4) is 0 Å². The lowest BCUT2D eigenvalue weighted by Gasteiger charge is -1.91. The van der Waals surface area contributed by atoms with Crippen molar-refractivity contribution in [1.82, 2.24) is 20.6 Å². The monoisotopic (exact) mass is 199 g/mol. The topological polar surface area (TPSA) is 66.5 Å². The number of anilines is 1. The third-order valence-corrected chi connectivity index (χ3v) is 1.69. The van der Waals surface area contributed by atoms with Crippen LogP contribution in [0.1, 0.15) is 5.56 Å². The van der Waals surface area contributed by atoms with Gasteiger partial charge in [-0.15, -0.1) is 5.10 Å². The highest BCUT2D eigenvalue weighted by molar-refractivity contribution is 5.35. The van der Waals surface area contributed by atoms with E-state index in [9.17, 15) is 0 Å². The summed E-state index contributed by atoms with van der Waals surface area (Å²) in [5.74, 6) is 6.42. The Hall–Kier alpha value is -2.35. The minimum atomic E-state index is 0.456. The maximum Gasteiger partial charge on any atom is 0.263 e. The van der Waals surface area contributed by atoms with Crippen molar-refractivity contribution in [3.05, 3.63) is 35.9 Å². The quantitative estimate of drug-likeness (QED) is 0.697. The molecule has 2 N–H and O–H groups in total. The molecular weight excluding hydrogens is 190 g/mol. The minimum absolute atomic E-state index is 0.456. The zero-order valence-electron chi connectivity index (χ0n) is 7.94. The van der Waals surface area contributed by atoms with E-state index in [2.05, 4.69) is 37.8 Å². The molecule has 0 aliphatic heterocycles.